The molecule has 7 nitrogen and oxygen atoms in total. The number of nitro groups is 1. The van der Waals surface area contributed by atoms with Crippen LogP contribution < -0.4 is 9.47 Å². The second kappa shape index (κ2) is 9.78. The Morgan fingerprint density at radius 2 is 1.94 bits per heavy atom. The largest absolute Gasteiger partial charge is 0.492 e. The minimum absolute atomic E-state index is 0.00442. The van der Waals surface area contributed by atoms with Crippen molar-refractivity contribution in [2.75, 3.05) is 33.4 Å². The molecule has 0 radical (unpaired) electrons. The van der Waals surface area contributed by atoms with Gasteiger partial charge in [0, 0.05) is 36.8 Å². The first kappa shape index (κ1) is 21.8. The molecule has 32 heavy (non-hydrogen) atoms. The van der Waals surface area contributed by atoms with Crippen molar-refractivity contribution >= 4 is 22.7 Å². The maximum Gasteiger partial charge on any atom is 0.311 e. The van der Waals surface area contributed by atoms with Crippen LogP contribution in [-0.2, 0) is 0 Å². The summed E-state index contributed by atoms with van der Waals surface area (Å²) in [5, 5.41) is 12.3. The first-order chi connectivity index (χ1) is 15.5. The molecule has 3 aromatic rings. The molecule has 0 saturated carbocycles. The standard InChI is InChI=1S/C25H27N3O4/c1-18-6-8-21-22(26-18)4-3-5-24(21)32-15-14-27-12-10-19(11-13-27)16-20-7-9-25(31-2)23(17-20)28(29)30/h3-9,16-17H,10-15H2,1-2H3. The molecule has 1 aliphatic heterocycles. The van der Waals surface area contributed by atoms with Crippen molar-refractivity contribution in [3.63, 3.8) is 0 Å². The fourth-order valence-electron chi connectivity index (χ4n) is 4.02. The van der Waals surface area contributed by atoms with E-state index in [1.807, 2.05) is 37.3 Å². The average Bonchev–Trinajstić information content (AvgIpc) is 2.80. The van der Waals surface area contributed by atoms with Crippen LogP contribution in [0.15, 0.2) is 54.1 Å². The maximum absolute atomic E-state index is 11.2. The predicted octanol–water partition coefficient (Wildman–Crippen LogP) is 5.02. The van der Waals surface area contributed by atoms with Gasteiger partial charge in [-0.2, -0.15) is 0 Å². The van der Waals surface area contributed by atoms with E-state index in [9.17, 15) is 10.1 Å². The van der Waals surface area contributed by atoms with Gasteiger partial charge in [-0.05, 0) is 55.7 Å². The van der Waals surface area contributed by atoms with Gasteiger partial charge in [-0.15, -0.1) is 0 Å². The highest BCUT2D eigenvalue weighted by molar-refractivity contribution is 5.85. The van der Waals surface area contributed by atoms with E-state index < -0.39 is 4.92 Å². The molecule has 166 valence electrons. The van der Waals surface area contributed by atoms with Crippen molar-refractivity contribution in [3.8, 4) is 11.5 Å². The van der Waals surface area contributed by atoms with E-state index in [0.29, 0.717) is 6.61 Å². The van der Waals surface area contributed by atoms with Crippen molar-refractivity contribution in [1.82, 2.24) is 9.88 Å². The van der Waals surface area contributed by atoms with Gasteiger partial charge in [-0.3, -0.25) is 20.0 Å². The Kier molecular flexibility index (Phi) is 6.66. The van der Waals surface area contributed by atoms with E-state index in [1.54, 1.807) is 12.1 Å². The summed E-state index contributed by atoms with van der Waals surface area (Å²) in [6.45, 7) is 5.36. The lowest BCUT2D eigenvalue weighted by Gasteiger charge is -2.28. The zero-order chi connectivity index (χ0) is 22.5. The lowest BCUT2D eigenvalue weighted by molar-refractivity contribution is -0.385. The Hall–Kier alpha value is -3.45. The average molecular weight is 434 g/mol. The quantitative estimate of drug-likeness (QED) is 0.385. The molecule has 1 aromatic heterocycles. The highest BCUT2D eigenvalue weighted by Crippen LogP contribution is 2.29. The molecule has 1 fully saturated rings. The van der Waals surface area contributed by atoms with Gasteiger partial charge in [-0.25, -0.2) is 0 Å². The van der Waals surface area contributed by atoms with Crippen LogP contribution >= 0.6 is 0 Å². The van der Waals surface area contributed by atoms with Crippen LogP contribution in [0.25, 0.3) is 17.0 Å². The van der Waals surface area contributed by atoms with Crippen molar-refractivity contribution in [2.24, 2.45) is 0 Å². The Balaban J connectivity index is 1.31. The van der Waals surface area contributed by atoms with Crippen LogP contribution in [0.2, 0.25) is 0 Å². The Bertz CT molecular complexity index is 1150. The van der Waals surface area contributed by atoms with Crippen LogP contribution in [0.1, 0.15) is 24.1 Å². The van der Waals surface area contributed by atoms with E-state index in [1.165, 1.54) is 12.7 Å². The van der Waals surface area contributed by atoms with E-state index in [4.69, 9.17) is 9.47 Å². The van der Waals surface area contributed by atoms with Crippen LogP contribution in [0.3, 0.4) is 0 Å². The number of hydrogen-bond donors (Lipinski definition) is 0. The molecule has 0 unspecified atom stereocenters. The number of pyridine rings is 1. The summed E-state index contributed by atoms with van der Waals surface area (Å²) in [6.07, 6.45) is 3.94. The van der Waals surface area contributed by atoms with Crippen LogP contribution in [-0.4, -0.2) is 48.2 Å². The first-order valence-corrected chi connectivity index (χ1v) is 10.8. The van der Waals surface area contributed by atoms with Crippen molar-refractivity contribution < 1.29 is 14.4 Å². The van der Waals surface area contributed by atoms with Gasteiger partial charge in [0.05, 0.1) is 17.5 Å². The van der Waals surface area contributed by atoms with E-state index >= 15 is 0 Å². The molecule has 0 bridgehead atoms. The number of aromatic nitrogens is 1. The highest BCUT2D eigenvalue weighted by Gasteiger charge is 2.17. The molecule has 1 aliphatic rings. The number of benzene rings is 2. The fourth-order valence-corrected chi connectivity index (χ4v) is 4.02. The Morgan fingerprint density at radius 1 is 1.12 bits per heavy atom. The lowest BCUT2D eigenvalue weighted by atomic mass is 10.0. The second-order valence-electron chi connectivity index (χ2n) is 7.96. The van der Waals surface area contributed by atoms with Gasteiger partial charge in [0.1, 0.15) is 12.4 Å². The van der Waals surface area contributed by atoms with Gasteiger partial charge >= 0.3 is 5.69 Å². The number of aryl methyl sites for hydroxylation is 1. The molecule has 4 rings (SSSR count). The van der Waals surface area contributed by atoms with Gasteiger partial charge in [0.2, 0.25) is 0 Å². The summed E-state index contributed by atoms with van der Waals surface area (Å²) in [5.74, 6) is 1.15. The number of fused-ring (bicyclic) bond motifs is 1. The molecule has 0 spiro atoms. The fraction of sp³-hybridized carbons (Fsp3) is 0.320. The van der Waals surface area contributed by atoms with Gasteiger partial charge < -0.3 is 9.47 Å². The molecule has 0 amide bonds. The number of methoxy groups -OCH3 is 1. The lowest BCUT2D eigenvalue weighted by Crippen LogP contribution is -2.34. The molecular weight excluding hydrogens is 406 g/mol. The van der Waals surface area contributed by atoms with Crippen LogP contribution in [0.4, 0.5) is 5.69 Å². The Labute approximate surface area is 187 Å². The number of hydrogen-bond acceptors (Lipinski definition) is 6. The third kappa shape index (κ3) is 5.06. The minimum Gasteiger partial charge on any atom is -0.492 e. The normalized spacial score (nSPS) is 14.4. The molecule has 0 N–H and O–H groups in total. The Morgan fingerprint density at radius 3 is 2.69 bits per heavy atom. The third-order valence-corrected chi connectivity index (χ3v) is 5.76. The molecule has 0 aliphatic carbocycles. The molecule has 7 heteroatoms. The summed E-state index contributed by atoms with van der Waals surface area (Å²) >= 11 is 0. The highest BCUT2D eigenvalue weighted by atomic mass is 16.6. The monoisotopic (exact) mass is 433 g/mol. The van der Waals surface area contributed by atoms with Gasteiger partial charge in [0.25, 0.3) is 0 Å². The van der Waals surface area contributed by atoms with Crippen molar-refractivity contribution in [2.45, 2.75) is 19.8 Å². The molecular formula is C25H27N3O4. The van der Waals surface area contributed by atoms with Crippen molar-refractivity contribution in [1.29, 1.82) is 0 Å². The predicted molar refractivity (Wildman–Crippen MR) is 125 cm³/mol. The van der Waals surface area contributed by atoms with Crippen LogP contribution in [0.5, 0.6) is 11.5 Å². The number of ether oxygens (including phenoxy) is 2. The van der Waals surface area contributed by atoms with E-state index in [2.05, 4.69) is 22.0 Å². The van der Waals surface area contributed by atoms with E-state index in [-0.39, 0.29) is 11.4 Å². The smallest absolute Gasteiger partial charge is 0.311 e. The van der Waals surface area contributed by atoms with Gasteiger partial charge in [0.15, 0.2) is 5.75 Å². The van der Waals surface area contributed by atoms with E-state index in [0.717, 1.165) is 60.4 Å². The zero-order valence-corrected chi connectivity index (χ0v) is 18.4. The summed E-state index contributed by atoms with van der Waals surface area (Å²) in [7, 11) is 1.44. The van der Waals surface area contributed by atoms with Crippen molar-refractivity contribution in [3.05, 3.63) is 75.5 Å². The molecule has 2 aromatic carbocycles. The number of piperidine rings is 1. The molecule has 2 heterocycles. The topological polar surface area (TPSA) is 77.7 Å². The number of nitrogens with zero attached hydrogens (tertiary/aromatic N) is 3. The summed E-state index contributed by atoms with van der Waals surface area (Å²) in [4.78, 5) is 17.8. The second-order valence-corrected chi connectivity index (χ2v) is 7.96. The van der Waals surface area contributed by atoms with Gasteiger partial charge in [-0.1, -0.05) is 23.8 Å². The molecule has 1 saturated heterocycles. The third-order valence-electron chi connectivity index (χ3n) is 5.76. The number of rotatable bonds is 7. The summed E-state index contributed by atoms with van der Waals surface area (Å²) in [6, 6.07) is 15.1. The maximum atomic E-state index is 11.2. The number of nitro benzene ring substituents is 1. The minimum atomic E-state index is -0.406. The summed E-state index contributed by atoms with van der Waals surface area (Å²) in [5.41, 5.74) is 4.08. The summed E-state index contributed by atoms with van der Waals surface area (Å²) < 4.78 is 11.1. The number of likely N-dealkylation sites (tertiary alicyclic amines) is 1. The van der Waals surface area contributed by atoms with Crippen LogP contribution in [0, 0.1) is 17.0 Å². The first-order valence-electron chi connectivity index (χ1n) is 10.8. The molecule has 0 atom stereocenters. The zero-order valence-electron chi connectivity index (χ0n) is 18.4. The SMILES string of the molecule is COc1ccc(C=C2CCN(CCOc3cccc4nc(C)ccc34)CC2)cc1[N+](=O)[O-].